The fraction of sp³-hybridized carbons (Fsp3) is 0.130. The predicted octanol–water partition coefficient (Wildman–Crippen LogP) is 6.26. The van der Waals surface area contributed by atoms with E-state index in [-0.39, 0.29) is 11.3 Å². The Labute approximate surface area is 216 Å². The van der Waals surface area contributed by atoms with E-state index in [4.69, 9.17) is 9.47 Å². The first kappa shape index (κ1) is 24.5. The lowest BCUT2D eigenvalue weighted by molar-refractivity contribution is 0.0952. The van der Waals surface area contributed by atoms with E-state index >= 15 is 0 Å². The van der Waals surface area contributed by atoms with Crippen LogP contribution in [0.2, 0.25) is 0 Å². The second-order valence-electron chi connectivity index (χ2n) is 6.54. The second-order valence-corrected chi connectivity index (χ2v) is 9.53. The van der Waals surface area contributed by atoms with E-state index in [2.05, 4.69) is 65.0 Å². The molecular weight excluding hydrogens is 655 g/mol. The highest BCUT2D eigenvalue weighted by molar-refractivity contribution is 14.1. The molecule has 9 heteroatoms. The summed E-state index contributed by atoms with van der Waals surface area (Å²) in [5.74, 6) is 0.597. The largest absolute Gasteiger partial charge is 0.507 e. The van der Waals surface area contributed by atoms with E-state index in [1.54, 1.807) is 12.1 Å². The van der Waals surface area contributed by atoms with Gasteiger partial charge in [0.25, 0.3) is 5.91 Å². The summed E-state index contributed by atoms with van der Waals surface area (Å²) in [6, 6.07) is 16.2. The second kappa shape index (κ2) is 11.7. The van der Waals surface area contributed by atoms with Gasteiger partial charge >= 0.3 is 0 Å². The number of nitrogens with one attached hydrogen (secondary N) is 1. The van der Waals surface area contributed by atoms with Crippen LogP contribution in [0.4, 0.5) is 0 Å². The minimum absolute atomic E-state index is 0.123. The Morgan fingerprint density at radius 3 is 2.53 bits per heavy atom. The number of rotatable bonds is 8. The zero-order valence-electron chi connectivity index (χ0n) is 16.9. The molecule has 0 heterocycles. The molecular formula is C23H19Br2IN2O4. The van der Waals surface area contributed by atoms with Crippen molar-refractivity contribution in [1.29, 1.82) is 0 Å². The van der Waals surface area contributed by atoms with Crippen molar-refractivity contribution in [2.24, 2.45) is 5.10 Å². The average Bonchev–Trinajstić information content (AvgIpc) is 2.76. The van der Waals surface area contributed by atoms with Gasteiger partial charge in [-0.2, -0.15) is 5.10 Å². The molecule has 0 unspecified atom stereocenters. The number of hydrogen-bond acceptors (Lipinski definition) is 5. The number of hydrazone groups is 1. The molecule has 0 spiro atoms. The maximum absolute atomic E-state index is 12.3. The zero-order valence-corrected chi connectivity index (χ0v) is 22.3. The van der Waals surface area contributed by atoms with Crippen LogP contribution >= 0.6 is 54.5 Å². The Morgan fingerprint density at radius 1 is 1.09 bits per heavy atom. The van der Waals surface area contributed by atoms with Crippen molar-refractivity contribution in [2.45, 2.75) is 13.5 Å². The lowest BCUT2D eigenvalue weighted by atomic mass is 10.2. The molecule has 3 rings (SSSR count). The van der Waals surface area contributed by atoms with E-state index in [9.17, 15) is 9.90 Å². The number of aromatic hydroxyl groups is 1. The number of benzene rings is 3. The van der Waals surface area contributed by atoms with Gasteiger partial charge in [0.15, 0.2) is 11.5 Å². The summed E-state index contributed by atoms with van der Waals surface area (Å²) in [5.41, 5.74) is 4.31. The number of carbonyl (C=O) groups is 1. The predicted molar refractivity (Wildman–Crippen MR) is 140 cm³/mol. The maximum Gasteiger partial charge on any atom is 0.275 e. The number of phenolic OH excluding ortho intramolecular Hbond substituents is 1. The third-order valence-corrected chi connectivity index (χ3v) is 6.03. The van der Waals surface area contributed by atoms with Crippen LogP contribution in [-0.4, -0.2) is 23.8 Å². The molecule has 0 saturated carbocycles. The smallest absolute Gasteiger partial charge is 0.275 e. The highest BCUT2D eigenvalue weighted by Crippen LogP contribution is 2.34. The molecule has 166 valence electrons. The summed E-state index contributed by atoms with van der Waals surface area (Å²) in [4.78, 5) is 12.3. The van der Waals surface area contributed by atoms with E-state index in [0.717, 1.165) is 19.2 Å². The van der Waals surface area contributed by atoms with Gasteiger partial charge in [0.05, 0.1) is 22.0 Å². The fourth-order valence-electron chi connectivity index (χ4n) is 2.72. The molecule has 0 atom stereocenters. The Bertz CT molecular complexity index is 1140. The SMILES string of the molecule is CCOc1cc(/C=N\NC(=O)c2cc(Br)ccc2O)cc(I)c1OCc1ccc(Br)cc1. The van der Waals surface area contributed by atoms with E-state index < -0.39 is 5.91 Å². The molecule has 0 aliphatic heterocycles. The number of halogens is 3. The summed E-state index contributed by atoms with van der Waals surface area (Å²) in [6.07, 6.45) is 1.51. The van der Waals surface area contributed by atoms with Gasteiger partial charge in [0, 0.05) is 8.95 Å². The highest BCUT2D eigenvalue weighted by atomic mass is 127. The van der Waals surface area contributed by atoms with Crippen molar-refractivity contribution in [3.05, 3.63) is 83.8 Å². The molecule has 0 saturated heterocycles. The lowest BCUT2D eigenvalue weighted by Crippen LogP contribution is -2.17. The molecule has 0 radical (unpaired) electrons. The van der Waals surface area contributed by atoms with Crippen LogP contribution in [0.15, 0.2) is 68.6 Å². The van der Waals surface area contributed by atoms with Crippen molar-refractivity contribution < 1.29 is 19.4 Å². The van der Waals surface area contributed by atoms with Gasteiger partial charge in [-0.15, -0.1) is 0 Å². The van der Waals surface area contributed by atoms with Crippen LogP contribution in [0.1, 0.15) is 28.4 Å². The molecule has 3 aromatic rings. The van der Waals surface area contributed by atoms with E-state index in [1.807, 2.05) is 37.3 Å². The number of phenols is 1. The normalized spacial score (nSPS) is 10.9. The molecule has 0 aromatic heterocycles. The van der Waals surface area contributed by atoms with Crippen LogP contribution < -0.4 is 14.9 Å². The van der Waals surface area contributed by atoms with E-state index in [0.29, 0.717) is 29.2 Å². The minimum Gasteiger partial charge on any atom is -0.507 e. The molecule has 3 aromatic carbocycles. The topological polar surface area (TPSA) is 80.2 Å². The molecule has 1 amide bonds. The first-order valence-electron chi connectivity index (χ1n) is 9.53. The molecule has 0 bridgehead atoms. The number of hydrogen-bond donors (Lipinski definition) is 2. The number of amides is 1. The number of ether oxygens (including phenoxy) is 2. The Balaban J connectivity index is 1.73. The van der Waals surface area contributed by atoms with Crippen molar-refractivity contribution in [1.82, 2.24) is 5.43 Å². The first-order valence-corrected chi connectivity index (χ1v) is 12.2. The van der Waals surface area contributed by atoms with Crippen molar-refractivity contribution >= 4 is 66.6 Å². The summed E-state index contributed by atoms with van der Waals surface area (Å²) in [5, 5.41) is 13.9. The summed E-state index contributed by atoms with van der Waals surface area (Å²) in [7, 11) is 0. The number of nitrogens with zero attached hydrogens (tertiary/aromatic N) is 1. The molecule has 0 aliphatic rings. The van der Waals surface area contributed by atoms with Gasteiger partial charge in [-0.3, -0.25) is 4.79 Å². The third-order valence-electron chi connectivity index (χ3n) is 4.21. The Morgan fingerprint density at radius 2 is 1.81 bits per heavy atom. The van der Waals surface area contributed by atoms with Crippen LogP contribution in [0, 0.1) is 3.57 Å². The average molecular weight is 674 g/mol. The van der Waals surface area contributed by atoms with Gasteiger partial charge < -0.3 is 14.6 Å². The van der Waals surface area contributed by atoms with Gasteiger partial charge in [-0.1, -0.05) is 44.0 Å². The Hall–Kier alpha value is -2.11. The molecule has 6 nitrogen and oxygen atoms in total. The summed E-state index contributed by atoms with van der Waals surface area (Å²) < 4.78 is 14.3. The third kappa shape index (κ3) is 6.69. The van der Waals surface area contributed by atoms with Gasteiger partial charge in [0.1, 0.15) is 12.4 Å². The standard InChI is InChI=1S/C23H19Br2IN2O4/c1-2-31-21-10-15(12-27-28-23(30)18-11-17(25)7-8-20(18)29)9-19(26)22(21)32-13-14-3-5-16(24)6-4-14/h3-12,29H,2,13H2,1H3,(H,28,30)/b27-12-. The monoisotopic (exact) mass is 672 g/mol. The van der Waals surface area contributed by atoms with Crippen molar-refractivity contribution in [2.75, 3.05) is 6.61 Å². The Kier molecular flexibility index (Phi) is 8.94. The first-order chi connectivity index (χ1) is 15.4. The van der Waals surface area contributed by atoms with Gasteiger partial charge in [-0.25, -0.2) is 5.43 Å². The highest BCUT2D eigenvalue weighted by Gasteiger charge is 2.13. The van der Waals surface area contributed by atoms with Crippen LogP contribution in [0.3, 0.4) is 0 Å². The molecule has 2 N–H and O–H groups in total. The van der Waals surface area contributed by atoms with Crippen LogP contribution in [-0.2, 0) is 6.61 Å². The van der Waals surface area contributed by atoms with Crippen molar-refractivity contribution in [3.8, 4) is 17.2 Å². The zero-order chi connectivity index (χ0) is 23.1. The minimum atomic E-state index is -0.519. The van der Waals surface area contributed by atoms with Gasteiger partial charge in [0.2, 0.25) is 0 Å². The fourth-order valence-corrected chi connectivity index (χ4v) is 4.12. The van der Waals surface area contributed by atoms with Crippen LogP contribution in [0.25, 0.3) is 0 Å². The molecule has 0 aliphatic carbocycles. The van der Waals surface area contributed by atoms with Crippen LogP contribution in [0.5, 0.6) is 17.2 Å². The van der Waals surface area contributed by atoms with Gasteiger partial charge in [-0.05, 0) is 83.1 Å². The molecule has 0 fully saturated rings. The molecule has 32 heavy (non-hydrogen) atoms. The maximum atomic E-state index is 12.3. The summed E-state index contributed by atoms with van der Waals surface area (Å²) in [6.45, 7) is 2.78. The number of carbonyl (C=O) groups excluding carboxylic acids is 1. The lowest BCUT2D eigenvalue weighted by Gasteiger charge is -2.15. The van der Waals surface area contributed by atoms with Crippen molar-refractivity contribution in [3.63, 3.8) is 0 Å². The quantitative estimate of drug-likeness (QED) is 0.168. The van der Waals surface area contributed by atoms with E-state index in [1.165, 1.54) is 18.3 Å². The summed E-state index contributed by atoms with van der Waals surface area (Å²) >= 11 is 8.89.